The summed E-state index contributed by atoms with van der Waals surface area (Å²) in [6, 6.07) is 9.17. The molecule has 0 aliphatic heterocycles. The molecule has 0 spiro atoms. The number of nitrogens with zero attached hydrogens (tertiary/aromatic N) is 1. The van der Waals surface area contributed by atoms with Gasteiger partial charge in [0, 0.05) is 23.5 Å². The number of nitrogens with two attached hydrogens (primary N) is 1. The number of hydrogen-bond donors (Lipinski definition) is 1. The lowest BCUT2D eigenvalue weighted by atomic mass is 10.00. The van der Waals surface area contributed by atoms with E-state index in [-0.39, 0.29) is 5.56 Å². The van der Waals surface area contributed by atoms with E-state index in [2.05, 4.69) is 26.0 Å². The number of nitrogen functional groups attached to an aromatic ring is 1. The molecule has 0 unspecified atom stereocenters. The molecule has 1 aromatic carbocycles. The van der Waals surface area contributed by atoms with Crippen molar-refractivity contribution >= 4 is 5.69 Å². The maximum Gasteiger partial charge on any atom is 0.250 e. The largest absolute Gasteiger partial charge is 0.496 e. The van der Waals surface area contributed by atoms with Crippen molar-refractivity contribution in [2.75, 3.05) is 12.8 Å². The summed E-state index contributed by atoms with van der Waals surface area (Å²) in [5.74, 6) is 1.21. The van der Waals surface area contributed by atoms with E-state index in [0.29, 0.717) is 18.2 Å². The first-order valence-electron chi connectivity index (χ1n) is 6.64. The molecule has 2 rings (SSSR count). The van der Waals surface area contributed by atoms with Gasteiger partial charge >= 0.3 is 0 Å². The quantitative estimate of drug-likeness (QED) is 0.930. The second-order valence-corrected chi connectivity index (χ2v) is 5.15. The van der Waals surface area contributed by atoms with Crippen LogP contribution in [0.25, 0.3) is 0 Å². The molecule has 106 valence electrons. The van der Waals surface area contributed by atoms with Crippen LogP contribution in [0.3, 0.4) is 0 Å². The van der Waals surface area contributed by atoms with Crippen LogP contribution >= 0.6 is 0 Å². The van der Waals surface area contributed by atoms with E-state index in [0.717, 1.165) is 11.3 Å². The van der Waals surface area contributed by atoms with Gasteiger partial charge in [0.15, 0.2) is 0 Å². The SMILES string of the molecule is COc1ccc(C(C)C)cc1Cn1cc(N)ccc1=O. The van der Waals surface area contributed by atoms with Crippen LogP contribution in [-0.4, -0.2) is 11.7 Å². The van der Waals surface area contributed by atoms with Crippen LogP contribution in [-0.2, 0) is 6.54 Å². The molecule has 0 bridgehead atoms. The van der Waals surface area contributed by atoms with Gasteiger partial charge in [-0.2, -0.15) is 0 Å². The molecule has 2 N–H and O–H groups in total. The van der Waals surface area contributed by atoms with Gasteiger partial charge in [-0.15, -0.1) is 0 Å². The van der Waals surface area contributed by atoms with Crippen LogP contribution in [0.2, 0.25) is 0 Å². The van der Waals surface area contributed by atoms with Crippen molar-refractivity contribution in [3.8, 4) is 5.75 Å². The predicted octanol–water partition coefficient (Wildman–Crippen LogP) is 2.61. The van der Waals surface area contributed by atoms with E-state index in [4.69, 9.17) is 10.5 Å². The molecule has 4 nitrogen and oxygen atoms in total. The molecule has 0 saturated carbocycles. The number of methoxy groups -OCH3 is 1. The summed E-state index contributed by atoms with van der Waals surface area (Å²) in [6.45, 7) is 4.73. The number of aromatic nitrogens is 1. The summed E-state index contributed by atoms with van der Waals surface area (Å²) < 4.78 is 6.97. The Hall–Kier alpha value is -2.23. The van der Waals surface area contributed by atoms with Crippen LogP contribution in [0, 0.1) is 0 Å². The van der Waals surface area contributed by atoms with E-state index >= 15 is 0 Å². The third-order valence-corrected chi connectivity index (χ3v) is 3.32. The molecular weight excluding hydrogens is 252 g/mol. The molecule has 4 heteroatoms. The first-order chi connectivity index (χ1) is 9.51. The minimum Gasteiger partial charge on any atom is -0.496 e. The first-order valence-corrected chi connectivity index (χ1v) is 6.64. The Morgan fingerprint density at radius 3 is 2.65 bits per heavy atom. The predicted molar refractivity (Wildman–Crippen MR) is 81.3 cm³/mol. The monoisotopic (exact) mass is 272 g/mol. The van der Waals surface area contributed by atoms with Gasteiger partial charge in [0.05, 0.1) is 13.7 Å². The highest BCUT2D eigenvalue weighted by atomic mass is 16.5. The summed E-state index contributed by atoms with van der Waals surface area (Å²) in [7, 11) is 1.63. The average molecular weight is 272 g/mol. The van der Waals surface area contributed by atoms with Crippen LogP contribution in [0.5, 0.6) is 5.75 Å². The lowest BCUT2D eigenvalue weighted by molar-refractivity contribution is 0.408. The zero-order valence-corrected chi connectivity index (χ0v) is 12.1. The summed E-state index contributed by atoms with van der Waals surface area (Å²) in [5.41, 5.74) is 8.44. The number of pyridine rings is 1. The Bertz CT molecular complexity index is 660. The van der Waals surface area contributed by atoms with Crippen molar-refractivity contribution in [3.63, 3.8) is 0 Å². The number of hydrogen-bond acceptors (Lipinski definition) is 3. The summed E-state index contributed by atoms with van der Waals surface area (Å²) in [5, 5.41) is 0. The lowest BCUT2D eigenvalue weighted by Crippen LogP contribution is -2.19. The van der Waals surface area contributed by atoms with E-state index in [1.807, 2.05) is 6.07 Å². The summed E-state index contributed by atoms with van der Waals surface area (Å²) in [4.78, 5) is 11.9. The topological polar surface area (TPSA) is 57.2 Å². The van der Waals surface area contributed by atoms with Crippen molar-refractivity contribution in [2.24, 2.45) is 0 Å². The van der Waals surface area contributed by atoms with Crippen LogP contribution in [0.1, 0.15) is 30.9 Å². The maximum atomic E-state index is 11.9. The third kappa shape index (κ3) is 3.02. The van der Waals surface area contributed by atoms with Gasteiger partial charge < -0.3 is 15.0 Å². The molecular formula is C16H20N2O2. The molecule has 0 radical (unpaired) electrons. The fourth-order valence-electron chi connectivity index (χ4n) is 2.14. The Balaban J connectivity index is 2.43. The van der Waals surface area contributed by atoms with E-state index in [1.165, 1.54) is 11.6 Å². The smallest absolute Gasteiger partial charge is 0.250 e. The summed E-state index contributed by atoms with van der Waals surface area (Å²) in [6.07, 6.45) is 1.66. The minimum atomic E-state index is -0.0730. The third-order valence-electron chi connectivity index (χ3n) is 3.32. The van der Waals surface area contributed by atoms with Gasteiger partial charge in [0.2, 0.25) is 0 Å². The molecule has 0 aliphatic rings. The molecule has 0 fully saturated rings. The Kier molecular flexibility index (Phi) is 4.13. The number of anilines is 1. The number of rotatable bonds is 4. The first kappa shape index (κ1) is 14.2. The molecule has 0 saturated heterocycles. The van der Waals surface area contributed by atoms with Gasteiger partial charge in [0.1, 0.15) is 5.75 Å². The van der Waals surface area contributed by atoms with Crippen LogP contribution in [0.15, 0.2) is 41.3 Å². The van der Waals surface area contributed by atoms with Gasteiger partial charge in [-0.05, 0) is 23.6 Å². The van der Waals surface area contributed by atoms with Crippen molar-refractivity contribution in [2.45, 2.75) is 26.3 Å². The fourth-order valence-corrected chi connectivity index (χ4v) is 2.14. The Morgan fingerprint density at radius 2 is 2.00 bits per heavy atom. The normalized spacial score (nSPS) is 10.8. The van der Waals surface area contributed by atoms with Crippen LogP contribution < -0.4 is 16.0 Å². The Labute approximate surface area is 118 Å². The molecule has 20 heavy (non-hydrogen) atoms. The van der Waals surface area contributed by atoms with Gasteiger partial charge in [-0.3, -0.25) is 4.79 Å². The number of ether oxygens (including phenoxy) is 1. The minimum absolute atomic E-state index is 0.0730. The molecule has 2 aromatic rings. The lowest BCUT2D eigenvalue weighted by Gasteiger charge is -2.14. The molecule has 1 aromatic heterocycles. The van der Waals surface area contributed by atoms with E-state index in [9.17, 15) is 4.79 Å². The van der Waals surface area contributed by atoms with Crippen molar-refractivity contribution in [1.82, 2.24) is 4.57 Å². The number of benzene rings is 1. The van der Waals surface area contributed by atoms with E-state index in [1.54, 1.807) is 23.9 Å². The van der Waals surface area contributed by atoms with Crippen LogP contribution in [0.4, 0.5) is 5.69 Å². The van der Waals surface area contributed by atoms with Gasteiger partial charge in [-0.25, -0.2) is 0 Å². The van der Waals surface area contributed by atoms with Gasteiger partial charge in [-0.1, -0.05) is 26.0 Å². The van der Waals surface area contributed by atoms with Crippen molar-refractivity contribution < 1.29 is 4.74 Å². The molecule has 0 amide bonds. The standard InChI is InChI=1S/C16H20N2O2/c1-11(2)12-4-6-15(20-3)13(8-12)9-18-10-14(17)5-7-16(18)19/h4-8,10-11H,9,17H2,1-3H3. The van der Waals surface area contributed by atoms with Crippen molar-refractivity contribution in [3.05, 3.63) is 58.0 Å². The molecule has 0 atom stereocenters. The highest BCUT2D eigenvalue weighted by Gasteiger charge is 2.08. The van der Waals surface area contributed by atoms with Crippen molar-refractivity contribution in [1.29, 1.82) is 0 Å². The second kappa shape index (κ2) is 5.82. The summed E-state index contributed by atoms with van der Waals surface area (Å²) >= 11 is 0. The highest BCUT2D eigenvalue weighted by Crippen LogP contribution is 2.24. The second-order valence-electron chi connectivity index (χ2n) is 5.15. The Morgan fingerprint density at radius 1 is 1.25 bits per heavy atom. The zero-order valence-electron chi connectivity index (χ0n) is 12.1. The van der Waals surface area contributed by atoms with Gasteiger partial charge in [0.25, 0.3) is 5.56 Å². The fraction of sp³-hybridized carbons (Fsp3) is 0.312. The average Bonchev–Trinajstić information content (AvgIpc) is 2.42. The molecule has 1 heterocycles. The zero-order chi connectivity index (χ0) is 14.7. The highest BCUT2D eigenvalue weighted by molar-refractivity contribution is 5.39. The maximum absolute atomic E-state index is 11.9. The molecule has 0 aliphatic carbocycles. The van der Waals surface area contributed by atoms with E-state index < -0.39 is 0 Å².